The molecule has 0 radical (unpaired) electrons. The number of carbonyl (C=O) groups excluding carboxylic acids is 2. The fourth-order valence-corrected chi connectivity index (χ4v) is 15.5. The fourth-order valence-electron chi connectivity index (χ4n) is 15.5. The van der Waals surface area contributed by atoms with E-state index in [1.807, 2.05) is 0 Å². The summed E-state index contributed by atoms with van der Waals surface area (Å²) < 4.78 is 19.6. The molecule has 1 aromatic rings. The summed E-state index contributed by atoms with van der Waals surface area (Å²) >= 11 is 0. The Morgan fingerprint density at radius 1 is 0.776 bits per heavy atom. The first kappa shape index (κ1) is 52.1. The minimum Gasteiger partial charge on any atom is -0.462 e. The molecule has 67 heavy (non-hydrogen) atoms. The number of aliphatic hydroxyl groups is 2. The number of unbranched alkanes of at least 4 members (excludes halogenated alkanes) is 13. The van der Waals surface area contributed by atoms with Gasteiger partial charge in [0.1, 0.15) is 31.0 Å². The molecule has 11 heteroatoms. The summed E-state index contributed by atoms with van der Waals surface area (Å²) in [7, 11) is 0. The van der Waals surface area contributed by atoms with Crippen LogP contribution in [0.15, 0.2) is 33.5 Å². The van der Waals surface area contributed by atoms with Crippen LogP contribution in [0.2, 0.25) is 0 Å². The Morgan fingerprint density at radius 3 is 2.04 bits per heavy atom. The number of ether oxygens (including phenoxy) is 3. The SMILES string of the molecule is CCCCCCCCCCCCCCCCC(=O)O[C@H]1CC[C@@]2(C)C(CC[C@]3(C)[C@@H]2CC=C2[C@@H]4CC(C)(C)CC[C@]4(C(=O)OC[C@H]4O[C@@H](n5ccc(=O)[nH]c5=O)[C@H](O)[C@@H]4O)CC[C@]23C)C1(C)C. The van der Waals surface area contributed by atoms with Crippen molar-refractivity contribution >= 4 is 11.9 Å². The zero-order chi connectivity index (χ0) is 48.4. The van der Waals surface area contributed by atoms with Crippen LogP contribution in [0.5, 0.6) is 0 Å². The molecule has 12 atom stereocenters. The van der Waals surface area contributed by atoms with Crippen LogP contribution in [-0.4, -0.2) is 62.7 Å². The maximum Gasteiger partial charge on any atom is 0.330 e. The molecule has 0 amide bonds. The zero-order valence-corrected chi connectivity index (χ0v) is 42.9. The maximum atomic E-state index is 14.7. The monoisotopic (exact) mass is 935 g/mol. The van der Waals surface area contributed by atoms with E-state index >= 15 is 0 Å². The first-order valence-electron chi connectivity index (χ1n) is 27.1. The van der Waals surface area contributed by atoms with Gasteiger partial charge in [-0.3, -0.25) is 23.9 Å². The second-order valence-corrected chi connectivity index (χ2v) is 24.7. The third-order valence-electron chi connectivity index (χ3n) is 19.8. The van der Waals surface area contributed by atoms with Crippen LogP contribution in [-0.2, 0) is 23.8 Å². The highest BCUT2D eigenvalue weighted by atomic mass is 16.6. The number of aromatic amines is 1. The first-order valence-corrected chi connectivity index (χ1v) is 27.1. The quantitative estimate of drug-likeness (QED) is 0.0658. The summed E-state index contributed by atoms with van der Waals surface area (Å²) in [4.78, 5) is 54.4. The Hall–Kier alpha value is -2.76. The number of allylic oxidation sites excluding steroid dienone is 2. The van der Waals surface area contributed by atoms with Crippen molar-refractivity contribution in [2.75, 3.05) is 6.61 Å². The molecule has 0 spiro atoms. The highest BCUT2D eigenvalue weighted by Crippen LogP contribution is 2.76. The van der Waals surface area contributed by atoms with Crippen molar-refractivity contribution in [3.8, 4) is 0 Å². The van der Waals surface area contributed by atoms with Gasteiger partial charge in [-0.25, -0.2) is 4.79 Å². The van der Waals surface area contributed by atoms with Gasteiger partial charge < -0.3 is 24.4 Å². The number of nitrogens with zero attached hydrogens (tertiary/aromatic N) is 1. The molecule has 5 fully saturated rings. The van der Waals surface area contributed by atoms with Crippen LogP contribution in [0.25, 0.3) is 0 Å². The Balaban J connectivity index is 0.955. The third-order valence-corrected chi connectivity index (χ3v) is 19.8. The molecular weight excluding hydrogens is 845 g/mol. The van der Waals surface area contributed by atoms with E-state index in [1.54, 1.807) is 0 Å². The molecule has 378 valence electrons. The second kappa shape index (κ2) is 20.9. The van der Waals surface area contributed by atoms with E-state index in [2.05, 4.69) is 66.4 Å². The van der Waals surface area contributed by atoms with Crippen molar-refractivity contribution in [1.29, 1.82) is 0 Å². The number of esters is 2. The summed E-state index contributed by atoms with van der Waals surface area (Å²) in [5.74, 6) is 0.627. The molecule has 1 aliphatic heterocycles. The molecule has 4 saturated carbocycles. The molecule has 2 heterocycles. The van der Waals surface area contributed by atoms with Gasteiger partial charge in [-0.1, -0.05) is 151 Å². The maximum absolute atomic E-state index is 14.7. The van der Waals surface area contributed by atoms with Crippen LogP contribution >= 0.6 is 0 Å². The van der Waals surface area contributed by atoms with E-state index < -0.39 is 41.2 Å². The largest absolute Gasteiger partial charge is 0.462 e. The van der Waals surface area contributed by atoms with E-state index in [4.69, 9.17) is 14.2 Å². The van der Waals surface area contributed by atoms with Gasteiger partial charge >= 0.3 is 17.6 Å². The van der Waals surface area contributed by atoms with Crippen LogP contribution in [0.4, 0.5) is 0 Å². The molecule has 6 aliphatic rings. The molecule has 1 aromatic heterocycles. The molecule has 0 aromatic carbocycles. The Bertz CT molecular complexity index is 2020. The third kappa shape index (κ3) is 10.2. The first-order chi connectivity index (χ1) is 31.7. The molecule has 1 saturated heterocycles. The van der Waals surface area contributed by atoms with Gasteiger partial charge in [0.05, 0.1) is 5.41 Å². The predicted molar refractivity (Wildman–Crippen MR) is 262 cm³/mol. The van der Waals surface area contributed by atoms with Crippen molar-refractivity contribution in [1.82, 2.24) is 9.55 Å². The number of hydrogen-bond donors (Lipinski definition) is 3. The molecule has 1 unspecified atom stereocenters. The summed E-state index contributed by atoms with van der Waals surface area (Å²) in [5.41, 5.74) is -0.691. The lowest BCUT2D eigenvalue weighted by atomic mass is 9.33. The molecule has 3 N–H and O–H groups in total. The lowest BCUT2D eigenvalue weighted by molar-refractivity contribution is -0.214. The molecular formula is C56H90N2O9. The summed E-state index contributed by atoms with van der Waals surface area (Å²) in [6.07, 6.45) is 26.5. The lowest BCUT2D eigenvalue weighted by Crippen LogP contribution is -2.65. The number of aliphatic hydroxyl groups excluding tert-OH is 2. The van der Waals surface area contributed by atoms with Gasteiger partial charge in [0.15, 0.2) is 6.23 Å². The van der Waals surface area contributed by atoms with E-state index in [1.165, 1.54) is 88.8 Å². The number of hydrogen-bond acceptors (Lipinski definition) is 9. The van der Waals surface area contributed by atoms with E-state index in [9.17, 15) is 29.4 Å². The van der Waals surface area contributed by atoms with Crippen LogP contribution < -0.4 is 11.2 Å². The van der Waals surface area contributed by atoms with Crippen molar-refractivity contribution in [3.05, 3.63) is 44.8 Å². The highest BCUT2D eigenvalue weighted by Gasteiger charge is 2.70. The number of fused-ring (bicyclic) bond motifs is 7. The number of rotatable bonds is 20. The van der Waals surface area contributed by atoms with Crippen LogP contribution in [0.3, 0.4) is 0 Å². The van der Waals surface area contributed by atoms with Crippen LogP contribution in [0.1, 0.15) is 222 Å². The van der Waals surface area contributed by atoms with Gasteiger partial charge in [0.25, 0.3) is 5.56 Å². The number of nitrogens with one attached hydrogen (secondary N) is 1. The summed E-state index contributed by atoms with van der Waals surface area (Å²) in [6.45, 7) is 19.0. The number of aromatic nitrogens is 2. The predicted octanol–water partition coefficient (Wildman–Crippen LogP) is 11.3. The van der Waals surface area contributed by atoms with Gasteiger partial charge in [-0.15, -0.1) is 0 Å². The highest BCUT2D eigenvalue weighted by molar-refractivity contribution is 5.79. The minimum absolute atomic E-state index is 0.0181. The van der Waals surface area contributed by atoms with Gasteiger partial charge in [-0.05, 0) is 110 Å². The minimum atomic E-state index is -1.46. The van der Waals surface area contributed by atoms with Crippen molar-refractivity contribution < 1.29 is 34.0 Å². The Morgan fingerprint density at radius 2 is 1.40 bits per heavy atom. The van der Waals surface area contributed by atoms with E-state index in [0.717, 1.165) is 87.7 Å². The van der Waals surface area contributed by atoms with Crippen LogP contribution in [0, 0.1) is 50.2 Å². The topological polar surface area (TPSA) is 157 Å². The Kier molecular flexibility index (Phi) is 16.3. The molecule has 0 bridgehead atoms. The summed E-state index contributed by atoms with van der Waals surface area (Å²) in [5, 5.41) is 21.9. The van der Waals surface area contributed by atoms with E-state index in [-0.39, 0.29) is 57.6 Å². The Labute approximate surface area is 402 Å². The normalized spacial score (nSPS) is 37.3. The van der Waals surface area contributed by atoms with Crippen molar-refractivity contribution in [2.45, 2.75) is 247 Å². The lowest BCUT2D eigenvalue weighted by Gasteiger charge is -2.71. The number of carbonyl (C=O) groups is 2. The van der Waals surface area contributed by atoms with Crippen molar-refractivity contribution in [2.24, 2.45) is 50.2 Å². The molecule has 5 aliphatic carbocycles. The summed E-state index contributed by atoms with van der Waals surface area (Å²) in [6, 6.07) is 1.15. The fraction of sp³-hybridized carbons (Fsp3) is 0.857. The standard InChI is InChI=1S/C56H90N2O9/c1-9-10-11-12-13-14-15-16-17-18-19-20-21-22-23-45(60)67-43-27-29-53(6)41(52(43,4)5)26-30-55(8)42(53)25-24-38-39-36-51(2,3)31-33-56(39,34-32-54(38,55)7)49(63)65-37-40-46(61)47(62)48(66-40)58-35-28-44(59)57-50(58)64/h24,28,35,39-43,46-48,61-62H,9-23,25-27,29-34,36-37H2,1-8H3,(H,57,59,64)/t39-,40+,41?,42+,43-,46+,47+,48+,53-,54+,55+,56-/m0/s1. The van der Waals surface area contributed by atoms with Gasteiger partial charge in [0.2, 0.25) is 0 Å². The smallest absolute Gasteiger partial charge is 0.330 e. The average Bonchev–Trinajstić information content (AvgIpc) is 3.55. The average molecular weight is 935 g/mol. The molecule has 7 rings (SSSR count). The van der Waals surface area contributed by atoms with Gasteiger partial charge in [0, 0.05) is 24.1 Å². The van der Waals surface area contributed by atoms with Gasteiger partial charge in [-0.2, -0.15) is 0 Å². The second-order valence-electron chi connectivity index (χ2n) is 24.7. The van der Waals surface area contributed by atoms with Crippen molar-refractivity contribution in [3.63, 3.8) is 0 Å². The molecule has 11 nitrogen and oxygen atoms in total. The zero-order valence-electron chi connectivity index (χ0n) is 42.9. The number of H-pyrrole nitrogens is 1. The van der Waals surface area contributed by atoms with E-state index in [0.29, 0.717) is 18.3 Å².